The SMILES string of the molecule is CCOC(=O)c1nn(-c2ccc(OC)cc2)c2c1C1(CC1)CN(c1ccc(C(=O)N(C)C)cc1)C2=O. The third kappa shape index (κ3) is 3.80. The minimum Gasteiger partial charge on any atom is -0.497 e. The lowest BCUT2D eigenvalue weighted by atomic mass is 9.88. The van der Waals surface area contributed by atoms with Gasteiger partial charge in [0, 0.05) is 42.9 Å². The molecule has 2 heterocycles. The molecule has 0 bridgehead atoms. The summed E-state index contributed by atoms with van der Waals surface area (Å²) < 4.78 is 12.1. The van der Waals surface area contributed by atoms with E-state index in [-0.39, 0.29) is 29.5 Å². The second kappa shape index (κ2) is 8.82. The van der Waals surface area contributed by atoms with Crippen LogP contribution in [0.2, 0.25) is 0 Å². The molecular formula is C27H28N4O5. The zero-order valence-electron chi connectivity index (χ0n) is 20.8. The molecule has 186 valence electrons. The van der Waals surface area contributed by atoms with Gasteiger partial charge in [-0.2, -0.15) is 5.10 Å². The van der Waals surface area contributed by atoms with Crippen molar-refractivity contribution in [1.29, 1.82) is 0 Å². The van der Waals surface area contributed by atoms with E-state index in [9.17, 15) is 14.4 Å². The summed E-state index contributed by atoms with van der Waals surface area (Å²) >= 11 is 0. The molecular weight excluding hydrogens is 460 g/mol. The predicted molar refractivity (Wildman–Crippen MR) is 133 cm³/mol. The molecule has 2 aliphatic rings. The van der Waals surface area contributed by atoms with E-state index in [1.807, 2.05) is 0 Å². The van der Waals surface area contributed by atoms with Gasteiger partial charge in [-0.15, -0.1) is 0 Å². The molecule has 5 rings (SSSR count). The molecule has 9 heteroatoms. The third-order valence-corrected chi connectivity index (χ3v) is 6.80. The highest BCUT2D eigenvalue weighted by molar-refractivity contribution is 6.10. The predicted octanol–water partition coefficient (Wildman–Crippen LogP) is 3.45. The fourth-order valence-corrected chi connectivity index (χ4v) is 4.76. The van der Waals surface area contributed by atoms with Crippen LogP contribution < -0.4 is 9.64 Å². The smallest absolute Gasteiger partial charge is 0.359 e. The van der Waals surface area contributed by atoms with Crippen molar-refractivity contribution in [1.82, 2.24) is 14.7 Å². The van der Waals surface area contributed by atoms with E-state index < -0.39 is 5.97 Å². The lowest BCUT2D eigenvalue weighted by molar-refractivity contribution is 0.0516. The Labute approximate surface area is 209 Å². The molecule has 1 aromatic heterocycles. The molecule has 1 aliphatic heterocycles. The van der Waals surface area contributed by atoms with Gasteiger partial charge >= 0.3 is 5.97 Å². The van der Waals surface area contributed by atoms with E-state index in [0.717, 1.165) is 12.8 Å². The number of hydrogen-bond acceptors (Lipinski definition) is 6. The van der Waals surface area contributed by atoms with Crippen molar-refractivity contribution in [3.05, 3.63) is 71.0 Å². The molecule has 36 heavy (non-hydrogen) atoms. The van der Waals surface area contributed by atoms with Crippen molar-refractivity contribution < 1.29 is 23.9 Å². The highest BCUT2D eigenvalue weighted by Gasteiger charge is 2.56. The Hall–Kier alpha value is -4.14. The number of aromatic nitrogens is 2. The van der Waals surface area contributed by atoms with Crippen molar-refractivity contribution in [2.45, 2.75) is 25.2 Å². The zero-order chi connectivity index (χ0) is 25.6. The Bertz CT molecular complexity index is 1340. The minimum atomic E-state index is -0.528. The highest BCUT2D eigenvalue weighted by Crippen LogP contribution is 2.54. The Morgan fingerprint density at radius 2 is 1.67 bits per heavy atom. The van der Waals surface area contributed by atoms with Crippen LogP contribution in [-0.2, 0) is 10.2 Å². The number of benzene rings is 2. The fraction of sp³-hybridized carbons (Fsp3) is 0.333. The van der Waals surface area contributed by atoms with Crippen LogP contribution in [0, 0.1) is 0 Å². The molecule has 0 atom stereocenters. The average molecular weight is 489 g/mol. The van der Waals surface area contributed by atoms with Gasteiger partial charge in [-0.25, -0.2) is 9.48 Å². The number of anilines is 1. The second-order valence-corrected chi connectivity index (χ2v) is 9.32. The molecule has 1 saturated carbocycles. The largest absolute Gasteiger partial charge is 0.497 e. The molecule has 9 nitrogen and oxygen atoms in total. The van der Waals surface area contributed by atoms with Crippen LogP contribution >= 0.6 is 0 Å². The molecule has 1 spiro atoms. The van der Waals surface area contributed by atoms with E-state index in [4.69, 9.17) is 9.47 Å². The van der Waals surface area contributed by atoms with Gasteiger partial charge in [0.1, 0.15) is 11.4 Å². The minimum absolute atomic E-state index is 0.107. The Kier molecular flexibility index (Phi) is 5.78. The van der Waals surface area contributed by atoms with Gasteiger partial charge in [0.25, 0.3) is 11.8 Å². The van der Waals surface area contributed by atoms with E-state index in [1.54, 1.807) is 86.2 Å². The molecule has 0 unspecified atom stereocenters. The Balaban J connectivity index is 1.62. The molecule has 2 amide bonds. The zero-order valence-corrected chi connectivity index (χ0v) is 20.8. The number of carbonyl (C=O) groups excluding carboxylic acids is 3. The molecule has 2 aromatic carbocycles. The van der Waals surface area contributed by atoms with Crippen LogP contribution in [0.25, 0.3) is 5.69 Å². The van der Waals surface area contributed by atoms with Crippen molar-refractivity contribution in [3.8, 4) is 11.4 Å². The van der Waals surface area contributed by atoms with Crippen LogP contribution in [0.4, 0.5) is 5.69 Å². The van der Waals surface area contributed by atoms with Gasteiger partial charge in [-0.05, 0) is 68.3 Å². The Morgan fingerprint density at radius 1 is 1.03 bits per heavy atom. The summed E-state index contributed by atoms with van der Waals surface area (Å²) in [6.45, 7) is 2.39. The first-order valence-corrected chi connectivity index (χ1v) is 11.9. The molecule has 3 aromatic rings. The number of nitrogens with zero attached hydrogens (tertiary/aromatic N) is 4. The summed E-state index contributed by atoms with van der Waals surface area (Å²) in [4.78, 5) is 42.4. The fourth-order valence-electron chi connectivity index (χ4n) is 4.76. The molecule has 1 fully saturated rings. The lowest BCUT2D eigenvalue weighted by Crippen LogP contribution is -2.44. The second-order valence-electron chi connectivity index (χ2n) is 9.32. The van der Waals surface area contributed by atoms with Crippen LogP contribution in [-0.4, -0.2) is 66.8 Å². The number of rotatable bonds is 6. The van der Waals surface area contributed by atoms with Gasteiger partial charge in [0.05, 0.1) is 19.4 Å². The van der Waals surface area contributed by atoms with Crippen LogP contribution in [0.15, 0.2) is 48.5 Å². The number of amides is 2. The van der Waals surface area contributed by atoms with Gasteiger partial charge in [-0.3, -0.25) is 9.59 Å². The number of fused-ring (bicyclic) bond motifs is 2. The monoisotopic (exact) mass is 488 g/mol. The quantitative estimate of drug-likeness (QED) is 0.494. The maximum Gasteiger partial charge on any atom is 0.359 e. The van der Waals surface area contributed by atoms with E-state index in [1.165, 1.54) is 4.90 Å². The topological polar surface area (TPSA) is 94.0 Å². The lowest BCUT2D eigenvalue weighted by Gasteiger charge is -2.33. The summed E-state index contributed by atoms with van der Waals surface area (Å²) in [5, 5.41) is 4.61. The normalized spacial score (nSPS) is 15.4. The summed E-state index contributed by atoms with van der Waals surface area (Å²) in [7, 11) is 4.98. The number of esters is 1. The number of carbonyl (C=O) groups is 3. The summed E-state index contributed by atoms with van der Waals surface area (Å²) in [5.74, 6) is -0.221. The molecule has 0 radical (unpaired) electrons. The van der Waals surface area contributed by atoms with Crippen LogP contribution in [0.5, 0.6) is 5.75 Å². The molecule has 0 N–H and O–H groups in total. The van der Waals surface area contributed by atoms with Gasteiger partial charge in [-0.1, -0.05) is 0 Å². The third-order valence-electron chi connectivity index (χ3n) is 6.80. The maximum absolute atomic E-state index is 14.0. The number of methoxy groups -OCH3 is 1. The first-order valence-electron chi connectivity index (χ1n) is 11.9. The van der Waals surface area contributed by atoms with E-state index in [0.29, 0.717) is 40.5 Å². The molecule has 0 saturated heterocycles. The van der Waals surface area contributed by atoms with Crippen molar-refractivity contribution in [2.24, 2.45) is 0 Å². The first-order chi connectivity index (χ1) is 17.3. The van der Waals surface area contributed by atoms with Gasteiger partial charge in [0.15, 0.2) is 5.69 Å². The standard InChI is InChI=1S/C27H28N4O5/c1-5-36-26(34)22-21-23(31(28-22)19-10-12-20(35-4)13-11-19)25(33)30(16-27(21)14-15-27)18-8-6-17(7-9-18)24(32)29(2)3/h6-13H,5,14-16H2,1-4H3. The van der Waals surface area contributed by atoms with Crippen LogP contribution in [0.3, 0.4) is 0 Å². The average Bonchev–Trinajstić information content (AvgIpc) is 3.54. The number of hydrogen-bond donors (Lipinski definition) is 0. The van der Waals surface area contributed by atoms with Crippen LogP contribution in [0.1, 0.15) is 56.7 Å². The van der Waals surface area contributed by atoms with Crippen molar-refractivity contribution >= 4 is 23.5 Å². The highest BCUT2D eigenvalue weighted by atomic mass is 16.5. The van der Waals surface area contributed by atoms with E-state index >= 15 is 0 Å². The maximum atomic E-state index is 14.0. The van der Waals surface area contributed by atoms with Gasteiger partial charge in [0.2, 0.25) is 0 Å². The van der Waals surface area contributed by atoms with Gasteiger partial charge < -0.3 is 19.3 Å². The number of ether oxygens (including phenoxy) is 2. The van der Waals surface area contributed by atoms with Crippen molar-refractivity contribution in [2.75, 3.05) is 39.3 Å². The summed E-state index contributed by atoms with van der Waals surface area (Å²) in [6, 6.07) is 14.2. The summed E-state index contributed by atoms with van der Waals surface area (Å²) in [6.07, 6.45) is 1.67. The first kappa shape index (κ1) is 23.6. The van der Waals surface area contributed by atoms with E-state index in [2.05, 4.69) is 5.10 Å². The van der Waals surface area contributed by atoms with Crippen molar-refractivity contribution in [3.63, 3.8) is 0 Å². The molecule has 1 aliphatic carbocycles. The Morgan fingerprint density at radius 3 is 2.22 bits per heavy atom. The summed E-state index contributed by atoms with van der Waals surface area (Å²) in [5.41, 5.74) is 2.72.